The molecule has 6 heteroatoms. The van der Waals surface area contributed by atoms with E-state index in [0.29, 0.717) is 11.3 Å². The highest BCUT2D eigenvalue weighted by Crippen LogP contribution is 2.18. The van der Waals surface area contributed by atoms with Crippen molar-refractivity contribution in [2.45, 2.75) is 26.7 Å². The first-order valence-electron chi connectivity index (χ1n) is 8.81. The van der Waals surface area contributed by atoms with Crippen LogP contribution in [0.1, 0.15) is 47.5 Å². The van der Waals surface area contributed by atoms with Gasteiger partial charge in [0, 0.05) is 13.6 Å². The molecule has 0 aliphatic rings. The lowest BCUT2D eigenvalue weighted by Crippen LogP contribution is -2.20. The van der Waals surface area contributed by atoms with Crippen molar-refractivity contribution in [3.63, 3.8) is 0 Å². The molecule has 138 valence electrons. The van der Waals surface area contributed by atoms with E-state index in [9.17, 15) is 9.59 Å². The molecule has 0 saturated carbocycles. The van der Waals surface area contributed by atoms with Crippen LogP contribution < -0.4 is 10.2 Å². The number of rotatable bonds is 8. The minimum atomic E-state index is -0.468. The zero-order valence-corrected chi connectivity index (χ0v) is 15.5. The quantitative estimate of drug-likeness (QED) is 0.730. The summed E-state index contributed by atoms with van der Waals surface area (Å²) >= 11 is 0. The molecule has 0 radical (unpaired) electrons. The average Bonchev–Trinajstić information content (AvgIpc) is 2.66. The van der Waals surface area contributed by atoms with Crippen LogP contribution in [0.3, 0.4) is 0 Å². The highest BCUT2D eigenvalue weighted by Gasteiger charge is 2.15. The predicted molar refractivity (Wildman–Crippen MR) is 103 cm³/mol. The van der Waals surface area contributed by atoms with Gasteiger partial charge in [-0.2, -0.15) is 0 Å². The van der Waals surface area contributed by atoms with E-state index in [1.807, 2.05) is 13.1 Å². The van der Waals surface area contributed by atoms with Gasteiger partial charge in [0.05, 0.1) is 29.7 Å². The Balaban J connectivity index is 2.10. The van der Waals surface area contributed by atoms with E-state index >= 15 is 0 Å². The van der Waals surface area contributed by atoms with E-state index in [1.165, 1.54) is 0 Å². The third-order valence-electron chi connectivity index (χ3n) is 3.94. The molecule has 0 fully saturated rings. The molecule has 1 aromatic carbocycles. The van der Waals surface area contributed by atoms with Gasteiger partial charge in [-0.1, -0.05) is 25.5 Å². The summed E-state index contributed by atoms with van der Waals surface area (Å²) in [6.07, 6.45) is 3.91. The number of nitrogens with zero attached hydrogens (tertiary/aromatic N) is 2. The van der Waals surface area contributed by atoms with Crippen LogP contribution in [0, 0.1) is 0 Å². The summed E-state index contributed by atoms with van der Waals surface area (Å²) in [5.74, 6) is -0.839. The van der Waals surface area contributed by atoms with Crippen molar-refractivity contribution in [3.8, 4) is 0 Å². The molecule has 6 nitrogen and oxygen atoms in total. The van der Waals surface area contributed by atoms with Gasteiger partial charge in [0.15, 0.2) is 0 Å². The SMILES string of the molecule is CCCCN(C)c1ccc(C(=O)Nc2ccccc2C(=O)OCC)nc1. The number of amides is 1. The van der Waals surface area contributed by atoms with Gasteiger partial charge < -0.3 is 15.0 Å². The normalized spacial score (nSPS) is 10.3. The van der Waals surface area contributed by atoms with Gasteiger partial charge in [0.25, 0.3) is 5.91 Å². The van der Waals surface area contributed by atoms with Crippen molar-refractivity contribution in [1.82, 2.24) is 4.98 Å². The Hall–Kier alpha value is -2.89. The molecule has 0 aliphatic heterocycles. The van der Waals surface area contributed by atoms with E-state index in [2.05, 4.69) is 22.1 Å². The van der Waals surface area contributed by atoms with Crippen LogP contribution in [0.5, 0.6) is 0 Å². The summed E-state index contributed by atoms with van der Waals surface area (Å²) in [6, 6.07) is 10.3. The zero-order valence-electron chi connectivity index (χ0n) is 15.5. The van der Waals surface area contributed by atoms with Gasteiger partial charge in [-0.3, -0.25) is 4.79 Å². The second-order valence-electron chi connectivity index (χ2n) is 5.90. The van der Waals surface area contributed by atoms with E-state index in [0.717, 1.165) is 25.1 Å². The maximum Gasteiger partial charge on any atom is 0.340 e. The zero-order chi connectivity index (χ0) is 18.9. The Kier molecular flexibility index (Phi) is 7.14. The number of carbonyl (C=O) groups is 2. The Morgan fingerprint density at radius 1 is 1.15 bits per heavy atom. The van der Waals surface area contributed by atoms with Gasteiger partial charge in [-0.25, -0.2) is 9.78 Å². The fourth-order valence-electron chi connectivity index (χ4n) is 2.44. The standard InChI is InChI=1S/C20H25N3O3/c1-4-6-13-23(3)15-11-12-18(21-14-15)19(24)22-17-10-8-7-9-16(17)20(25)26-5-2/h7-12,14H,4-6,13H2,1-3H3,(H,22,24). The van der Waals surface area contributed by atoms with Crippen LogP contribution in [0.15, 0.2) is 42.6 Å². The van der Waals surface area contributed by atoms with Crippen molar-refractivity contribution in [2.24, 2.45) is 0 Å². The molecule has 2 aromatic rings. The molecule has 1 amide bonds. The first-order valence-corrected chi connectivity index (χ1v) is 8.81. The molecule has 0 spiro atoms. The molecule has 1 heterocycles. The average molecular weight is 355 g/mol. The van der Waals surface area contributed by atoms with E-state index in [1.54, 1.807) is 43.5 Å². The smallest absolute Gasteiger partial charge is 0.340 e. The molecule has 0 saturated heterocycles. The first kappa shape index (κ1) is 19.4. The Bertz CT molecular complexity index is 744. The van der Waals surface area contributed by atoms with Crippen LogP contribution in [0.4, 0.5) is 11.4 Å². The maximum absolute atomic E-state index is 12.5. The van der Waals surface area contributed by atoms with E-state index in [4.69, 9.17) is 4.74 Å². The molecule has 1 N–H and O–H groups in total. The number of pyridine rings is 1. The van der Waals surface area contributed by atoms with Gasteiger partial charge in [-0.15, -0.1) is 0 Å². The number of unbranched alkanes of at least 4 members (excludes halogenated alkanes) is 1. The summed E-state index contributed by atoms with van der Waals surface area (Å²) in [6.45, 7) is 5.10. The van der Waals surface area contributed by atoms with Crippen molar-refractivity contribution < 1.29 is 14.3 Å². The molecule has 2 rings (SSSR count). The Labute approximate surface area is 154 Å². The topological polar surface area (TPSA) is 71.5 Å². The second-order valence-corrected chi connectivity index (χ2v) is 5.90. The number of para-hydroxylation sites is 1. The van der Waals surface area contributed by atoms with Gasteiger partial charge >= 0.3 is 5.97 Å². The van der Waals surface area contributed by atoms with E-state index in [-0.39, 0.29) is 18.2 Å². The predicted octanol–water partition coefficient (Wildman–Crippen LogP) is 3.75. The van der Waals surface area contributed by atoms with Crippen LogP contribution in [-0.2, 0) is 4.74 Å². The van der Waals surface area contributed by atoms with E-state index < -0.39 is 5.97 Å². The van der Waals surface area contributed by atoms with Crippen molar-refractivity contribution >= 4 is 23.3 Å². The number of hydrogen-bond donors (Lipinski definition) is 1. The molecular formula is C20H25N3O3. The van der Waals surface area contributed by atoms with Crippen molar-refractivity contribution in [1.29, 1.82) is 0 Å². The maximum atomic E-state index is 12.5. The number of benzene rings is 1. The van der Waals surface area contributed by atoms with Crippen LogP contribution in [0.25, 0.3) is 0 Å². The van der Waals surface area contributed by atoms with Gasteiger partial charge in [0.2, 0.25) is 0 Å². The number of esters is 1. The number of ether oxygens (including phenoxy) is 1. The van der Waals surface area contributed by atoms with Crippen LogP contribution in [0.2, 0.25) is 0 Å². The minimum absolute atomic E-state index is 0.273. The lowest BCUT2D eigenvalue weighted by atomic mass is 10.1. The van der Waals surface area contributed by atoms with Crippen molar-refractivity contribution in [3.05, 3.63) is 53.9 Å². The largest absolute Gasteiger partial charge is 0.462 e. The third-order valence-corrected chi connectivity index (χ3v) is 3.94. The van der Waals surface area contributed by atoms with Crippen LogP contribution >= 0.6 is 0 Å². The number of aromatic nitrogens is 1. The monoisotopic (exact) mass is 355 g/mol. The first-order chi connectivity index (χ1) is 12.6. The summed E-state index contributed by atoms with van der Waals surface area (Å²) in [7, 11) is 2.00. The fraction of sp³-hybridized carbons (Fsp3) is 0.350. The molecule has 0 aliphatic carbocycles. The molecule has 26 heavy (non-hydrogen) atoms. The summed E-state index contributed by atoms with van der Waals surface area (Å²) in [5.41, 5.74) is 1.97. The second kappa shape index (κ2) is 9.56. The lowest BCUT2D eigenvalue weighted by molar-refractivity contribution is 0.0527. The van der Waals surface area contributed by atoms with Crippen molar-refractivity contribution in [2.75, 3.05) is 30.4 Å². The number of nitrogens with one attached hydrogen (secondary N) is 1. The lowest BCUT2D eigenvalue weighted by Gasteiger charge is -2.18. The third kappa shape index (κ3) is 5.05. The van der Waals surface area contributed by atoms with Crippen LogP contribution in [-0.4, -0.2) is 37.1 Å². The molecule has 0 atom stereocenters. The summed E-state index contributed by atoms with van der Waals surface area (Å²) in [4.78, 5) is 30.8. The molecule has 0 bridgehead atoms. The summed E-state index contributed by atoms with van der Waals surface area (Å²) in [5, 5.41) is 2.73. The molecule has 1 aromatic heterocycles. The van der Waals surface area contributed by atoms with Gasteiger partial charge in [-0.05, 0) is 37.6 Å². The Morgan fingerprint density at radius 3 is 2.58 bits per heavy atom. The van der Waals surface area contributed by atoms with Gasteiger partial charge in [0.1, 0.15) is 5.69 Å². The molecular weight excluding hydrogens is 330 g/mol. The fourth-order valence-corrected chi connectivity index (χ4v) is 2.44. The highest BCUT2D eigenvalue weighted by atomic mass is 16.5. The Morgan fingerprint density at radius 2 is 1.92 bits per heavy atom. The number of hydrogen-bond acceptors (Lipinski definition) is 5. The molecule has 0 unspecified atom stereocenters. The minimum Gasteiger partial charge on any atom is -0.462 e. The highest BCUT2D eigenvalue weighted by molar-refractivity contribution is 6.07. The number of carbonyl (C=O) groups excluding carboxylic acids is 2. The number of anilines is 2. The summed E-state index contributed by atoms with van der Waals surface area (Å²) < 4.78 is 5.02.